The summed E-state index contributed by atoms with van der Waals surface area (Å²) in [6, 6.07) is 14.2. The third kappa shape index (κ3) is 4.82. The van der Waals surface area contributed by atoms with Gasteiger partial charge in [-0.1, -0.05) is 57.2 Å². The van der Waals surface area contributed by atoms with Gasteiger partial charge in [0.2, 0.25) is 0 Å². The molecular weight excluding hydrogens is 308 g/mol. The molecule has 0 saturated carbocycles. The van der Waals surface area contributed by atoms with Crippen molar-refractivity contribution in [3.63, 3.8) is 0 Å². The Labute approximate surface area is 151 Å². The molecule has 2 nitrogen and oxygen atoms in total. The molecular formula is C23H28O2. The van der Waals surface area contributed by atoms with Crippen molar-refractivity contribution in [3.8, 4) is 0 Å². The van der Waals surface area contributed by atoms with Gasteiger partial charge in [-0.05, 0) is 66.1 Å². The van der Waals surface area contributed by atoms with Gasteiger partial charge in [-0.3, -0.25) is 0 Å². The van der Waals surface area contributed by atoms with Gasteiger partial charge in [-0.2, -0.15) is 0 Å². The third-order valence-electron chi connectivity index (χ3n) is 4.32. The van der Waals surface area contributed by atoms with Crippen LogP contribution in [0.5, 0.6) is 0 Å². The van der Waals surface area contributed by atoms with Crippen LogP contribution in [0.25, 0.3) is 11.6 Å². The van der Waals surface area contributed by atoms with Crippen LogP contribution in [0.15, 0.2) is 42.5 Å². The number of carbonyl (C=O) groups excluding carboxylic acids is 1. The number of hydrogen-bond donors (Lipinski definition) is 0. The van der Waals surface area contributed by atoms with Crippen molar-refractivity contribution in [3.05, 3.63) is 70.3 Å². The largest absolute Gasteiger partial charge is 0.462 e. The summed E-state index contributed by atoms with van der Waals surface area (Å²) in [4.78, 5) is 11.7. The van der Waals surface area contributed by atoms with E-state index in [4.69, 9.17) is 4.74 Å². The first-order chi connectivity index (χ1) is 11.7. The minimum absolute atomic E-state index is 0.157. The second-order valence-electron chi connectivity index (χ2n) is 7.45. The van der Waals surface area contributed by atoms with E-state index in [1.807, 2.05) is 31.2 Å². The average Bonchev–Trinajstić information content (AvgIpc) is 2.54. The Bertz CT molecular complexity index is 775. The number of carbonyl (C=O) groups is 1. The summed E-state index contributed by atoms with van der Waals surface area (Å²) in [5.41, 5.74) is 6.91. The number of hydrogen-bond acceptors (Lipinski definition) is 2. The molecule has 132 valence electrons. The van der Waals surface area contributed by atoms with Gasteiger partial charge in [0, 0.05) is 0 Å². The number of rotatable bonds is 4. The van der Waals surface area contributed by atoms with E-state index in [-0.39, 0.29) is 11.4 Å². The zero-order valence-corrected chi connectivity index (χ0v) is 16.1. The zero-order valence-electron chi connectivity index (χ0n) is 16.1. The zero-order chi connectivity index (χ0) is 18.6. The van der Waals surface area contributed by atoms with E-state index in [2.05, 4.69) is 58.9 Å². The lowest BCUT2D eigenvalue weighted by molar-refractivity contribution is 0.0526. The van der Waals surface area contributed by atoms with Crippen LogP contribution in [0.4, 0.5) is 0 Å². The quantitative estimate of drug-likeness (QED) is 0.503. The van der Waals surface area contributed by atoms with E-state index in [0.717, 1.165) is 5.56 Å². The molecule has 0 saturated heterocycles. The number of esters is 1. The number of benzene rings is 2. The molecule has 0 atom stereocenters. The van der Waals surface area contributed by atoms with Crippen molar-refractivity contribution in [2.75, 3.05) is 6.61 Å². The van der Waals surface area contributed by atoms with Gasteiger partial charge in [0.15, 0.2) is 0 Å². The summed E-state index contributed by atoms with van der Waals surface area (Å²) in [5.74, 6) is -0.275. The third-order valence-corrected chi connectivity index (χ3v) is 4.32. The molecule has 0 radical (unpaired) electrons. The molecule has 0 amide bonds. The van der Waals surface area contributed by atoms with Crippen LogP contribution < -0.4 is 0 Å². The Morgan fingerprint density at radius 3 is 2.24 bits per heavy atom. The van der Waals surface area contributed by atoms with Crippen molar-refractivity contribution in [1.29, 1.82) is 0 Å². The summed E-state index contributed by atoms with van der Waals surface area (Å²) in [6.07, 6.45) is 2.15. The first kappa shape index (κ1) is 19.0. The van der Waals surface area contributed by atoms with E-state index in [1.54, 1.807) is 0 Å². The van der Waals surface area contributed by atoms with E-state index in [1.165, 1.54) is 22.3 Å². The van der Waals surface area contributed by atoms with Crippen LogP contribution in [0, 0.1) is 6.92 Å². The highest BCUT2D eigenvalue weighted by atomic mass is 16.5. The van der Waals surface area contributed by atoms with Gasteiger partial charge >= 0.3 is 5.97 Å². The van der Waals surface area contributed by atoms with E-state index < -0.39 is 0 Å². The Balaban J connectivity index is 2.25. The molecule has 0 fully saturated rings. The van der Waals surface area contributed by atoms with Crippen LogP contribution in [0.1, 0.15) is 67.2 Å². The van der Waals surface area contributed by atoms with Crippen molar-refractivity contribution >= 4 is 17.6 Å². The molecule has 25 heavy (non-hydrogen) atoms. The highest BCUT2D eigenvalue weighted by Gasteiger charge is 2.14. The minimum Gasteiger partial charge on any atom is -0.462 e. The Kier molecular flexibility index (Phi) is 5.84. The van der Waals surface area contributed by atoms with Crippen LogP contribution >= 0.6 is 0 Å². The molecule has 0 N–H and O–H groups in total. The summed E-state index contributed by atoms with van der Waals surface area (Å²) in [6.45, 7) is 13.2. The Morgan fingerprint density at radius 1 is 1.08 bits per heavy atom. The minimum atomic E-state index is -0.275. The topological polar surface area (TPSA) is 26.3 Å². The van der Waals surface area contributed by atoms with Gasteiger partial charge in [0.1, 0.15) is 0 Å². The molecule has 2 aromatic carbocycles. The van der Waals surface area contributed by atoms with Gasteiger partial charge < -0.3 is 4.74 Å². The number of allylic oxidation sites excluding steroid dienone is 1. The molecule has 0 bridgehead atoms. The maximum absolute atomic E-state index is 11.7. The predicted octanol–water partition coefficient (Wildman–Crippen LogP) is 6.03. The van der Waals surface area contributed by atoms with Crippen molar-refractivity contribution < 1.29 is 9.53 Å². The fraction of sp³-hybridized carbons (Fsp3) is 0.348. The van der Waals surface area contributed by atoms with Crippen LogP contribution in [0.2, 0.25) is 0 Å². The summed E-state index contributed by atoms with van der Waals surface area (Å²) < 4.78 is 5.02. The molecule has 2 heteroatoms. The molecule has 0 aromatic heterocycles. The van der Waals surface area contributed by atoms with E-state index in [9.17, 15) is 4.79 Å². The Morgan fingerprint density at radius 2 is 1.72 bits per heavy atom. The first-order valence-corrected chi connectivity index (χ1v) is 8.79. The molecule has 0 heterocycles. The lowest BCUT2D eigenvalue weighted by Crippen LogP contribution is -2.11. The summed E-state index contributed by atoms with van der Waals surface area (Å²) >= 11 is 0. The highest BCUT2D eigenvalue weighted by molar-refractivity contribution is 5.90. The Hall–Kier alpha value is -2.35. The van der Waals surface area contributed by atoms with E-state index >= 15 is 0 Å². The normalized spacial score (nSPS) is 12.2. The van der Waals surface area contributed by atoms with Crippen LogP contribution in [-0.4, -0.2) is 12.6 Å². The van der Waals surface area contributed by atoms with Crippen molar-refractivity contribution in [2.24, 2.45) is 0 Å². The molecule has 0 unspecified atom stereocenters. The fourth-order valence-electron chi connectivity index (χ4n) is 2.83. The standard InChI is InChI=1S/C23H28O2/c1-7-25-22(24)19-10-8-18(9-11-19)14-16(2)21-13-12-20(15-17(21)3)23(4,5)6/h8-15H,7H2,1-6H3. The molecule has 0 aliphatic carbocycles. The maximum Gasteiger partial charge on any atom is 0.338 e. The van der Waals surface area contributed by atoms with Gasteiger partial charge in [0.25, 0.3) is 0 Å². The smallest absolute Gasteiger partial charge is 0.338 e. The summed E-state index contributed by atoms with van der Waals surface area (Å²) in [7, 11) is 0. The monoisotopic (exact) mass is 336 g/mol. The van der Waals surface area contributed by atoms with Crippen LogP contribution in [-0.2, 0) is 10.2 Å². The van der Waals surface area contributed by atoms with E-state index in [0.29, 0.717) is 12.2 Å². The van der Waals surface area contributed by atoms with Gasteiger partial charge in [-0.25, -0.2) is 4.79 Å². The predicted molar refractivity (Wildman–Crippen MR) is 106 cm³/mol. The number of ether oxygens (including phenoxy) is 1. The van der Waals surface area contributed by atoms with Crippen LogP contribution in [0.3, 0.4) is 0 Å². The maximum atomic E-state index is 11.7. The molecule has 0 spiro atoms. The first-order valence-electron chi connectivity index (χ1n) is 8.79. The van der Waals surface area contributed by atoms with Crippen molar-refractivity contribution in [1.82, 2.24) is 0 Å². The second kappa shape index (κ2) is 7.69. The van der Waals surface area contributed by atoms with Gasteiger partial charge in [-0.15, -0.1) is 0 Å². The fourth-order valence-corrected chi connectivity index (χ4v) is 2.83. The molecule has 2 rings (SSSR count). The lowest BCUT2D eigenvalue weighted by atomic mass is 9.84. The second-order valence-corrected chi connectivity index (χ2v) is 7.45. The molecule has 0 aliphatic heterocycles. The summed E-state index contributed by atoms with van der Waals surface area (Å²) in [5, 5.41) is 0. The van der Waals surface area contributed by atoms with Crippen molar-refractivity contribution in [2.45, 2.75) is 47.0 Å². The molecule has 2 aromatic rings. The lowest BCUT2D eigenvalue weighted by Gasteiger charge is -2.20. The SMILES string of the molecule is CCOC(=O)c1ccc(C=C(C)c2ccc(C(C)(C)C)cc2C)cc1. The van der Waals surface area contributed by atoms with Gasteiger partial charge in [0.05, 0.1) is 12.2 Å². The number of aryl methyl sites for hydroxylation is 1. The average molecular weight is 336 g/mol. The highest BCUT2D eigenvalue weighted by Crippen LogP contribution is 2.28. The molecule has 0 aliphatic rings.